The number of hydrogen-bond acceptors (Lipinski definition) is 4. The van der Waals surface area contributed by atoms with E-state index in [0.717, 1.165) is 6.92 Å². The van der Waals surface area contributed by atoms with Crippen LogP contribution in [0.25, 0.3) is 0 Å². The monoisotopic (exact) mass is 268 g/mol. The Hall–Kier alpha value is -1.53. The summed E-state index contributed by atoms with van der Waals surface area (Å²) in [6, 6.07) is 0. The molecule has 0 aromatic rings. The fourth-order valence-electron chi connectivity index (χ4n) is 0.803. The zero-order valence-corrected chi connectivity index (χ0v) is 10.2. The van der Waals surface area contributed by atoms with Crippen molar-refractivity contribution < 1.29 is 32.2 Å². The van der Waals surface area contributed by atoms with Crippen LogP contribution >= 0.6 is 0 Å². The molecule has 1 unspecified atom stereocenters. The average Bonchev–Trinajstić information content (AvgIpc) is 2.24. The second kappa shape index (κ2) is 7.03. The molecule has 0 saturated carbocycles. The van der Waals surface area contributed by atoms with Gasteiger partial charge in [0.2, 0.25) is 0 Å². The van der Waals surface area contributed by atoms with Gasteiger partial charge in [-0.2, -0.15) is 13.2 Å². The standard InChI is InChI=1S/C11H15F3O4/c1-7(2)10(16)18-6-9(15)17-5-4-8(3)11(12,13)14/h8H,1,4-6H2,2-3H3. The lowest BCUT2D eigenvalue weighted by atomic mass is 10.1. The van der Waals surface area contributed by atoms with Crippen LogP contribution in [0.3, 0.4) is 0 Å². The maximum absolute atomic E-state index is 12.1. The van der Waals surface area contributed by atoms with E-state index in [1.165, 1.54) is 6.92 Å². The van der Waals surface area contributed by atoms with E-state index < -0.39 is 30.6 Å². The van der Waals surface area contributed by atoms with Crippen molar-refractivity contribution in [1.82, 2.24) is 0 Å². The van der Waals surface area contributed by atoms with Crippen molar-refractivity contribution in [3.63, 3.8) is 0 Å². The summed E-state index contributed by atoms with van der Waals surface area (Å²) in [4.78, 5) is 21.9. The van der Waals surface area contributed by atoms with Gasteiger partial charge in [0, 0.05) is 5.57 Å². The predicted octanol–water partition coefficient (Wildman–Crippen LogP) is 2.24. The molecule has 0 aliphatic heterocycles. The zero-order chi connectivity index (χ0) is 14.3. The van der Waals surface area contributed by atoms with E-state index in [4.69, 9.17) is 0 Å². The highest BCUT2D eigenvalue weighted by atomic mass is 19.4. The van der Waals surface area contributed by atoms with Crippen LogP contribution in [0.15, 0.2) is 12.2 Å². The second-order valence-electron chi connectivity index (χ2n) is 3.81. The van der Waals surface area contributed by atoms with E-state index in [2.05, 4.69) is 16.1 Å². The summed E-state index contributed by atoms with van der Waals surface area (Å²) in [5, 5.41) is 0. The van der Waals surface area contributed by atoms with Crippen molar-refractivity contribution in [3.05, 3.63) is 12.2 Å². The Bertz CT molecular complexity index is 323. The number of rotatable bonds is 6. The van der Waals surface area contributed by atoms with E-state index in [1.807, 2.05) is 0 Å². The Morgan fingerprint density at radius 2 is 1.83 bits per heavy atom. The molecule has 4 nitrogen and oxygen atoms in total. The average molecular weight is 268 g/mol. The van der Waals surface area contributed by atoms with Gasteiger partial charge in [-0.05, 0) is 13.3 Å². The summed E-state index contributed by atoms with van der Waals surface area (Å²) in [6.07, 6.45) is -4.64. The van der Waals surface area contributed by atoms with E-state index in [1.54, 1.807) is 0 Å². The number of esters is 2. The number of carbonyl (C=O) groups is 2. The maximum atomic E-state index is 12.1. The topological polar surface area (TPSA) is 52.6 Å². The van der Waals surface area contributed by atoms with Crippen LogP contribution in [-0.4, -0.2) is 31.3 Å². The van der Waals surface area contributed by atoms with Crippen molar-refractivity contribution in [3.8, 4) is 0 Å². The van der Waals surface area contributed by atoms with E-state index in [9.17, 15) is 22.8 Å². The summed E-state index contributed by atoms with van der Waals surface area (Å²) in [5.74, 6) is -3.20. The predicted molar refractivity (Wildman–Crippen MR) is 56.6 cm³/mol. The summed E-state index contributed by atoms with van der Waals surface area (Å²) >= 11 is 0. The van der Waals surface area contributed by atoms with Crippen LogP contribution < -0.4 is 0 Å². The third kappa shape index (κ3) is 6.93. The third-order valence-electron chi connectivity index (χ3n) is 2.04. The van der Waals surface area contributed by atoms with Crippen LogP contribution in [0.2, 0.25) is 0 Å². The van der Waals surface area contributed by atoms with Crippen molar-refractivity contribution in [1.29, 1.82) is 0 Å². The Morgan fingerprint density at radius 3 is 2.28 bits per heavy atom. The Balaban J connectivity index is 3.79. The Kier molecular flexibility index (Phi) is 6.43. The highest BCUT2D eigenvalue weighted by molar-refractivity contribution is 5.88. The second-order valence-corrected chi connectivity index (χ2v) is 3.81. The lowest BCUT2D eigenvalue weighted by Gasteiger charge is -2.15. The molecule has 0 saturated heterocycles. The van der Waals surface area contributed by atoms with Gasteiger partial charge < -0.3 is 9.47 Å². The molecule has 1 atom stereocenters. The molecule has 0 spiro atoms. The molecule has 0 N–H and O–H groups in total. The molecule has 0 aromatic carbocycles. The third-order valence-corrected chi connectivity index (χ3v) is 2.04. The first-order valence-electron chi connectivity index (χ1n) is 5.19. The number of alkyl halides is 3. The van der Waals surface area contributed by atoms with Crippen molar-refractivity contribution in [2.45, 2.75) is 26.4 Å². The van der Waals surface area contributed by atoms with Crippen LogP contribution in [0.1, 0.15) is 20.3 Å². The molecule has 0 bridgehead atoms. The van der Waals surface area contributed by atoms with Gasteiger partial charge >= 0.3 is 18.1 Å². The van der Waals surface area contributed by atoms with Gasteiger partial charge in [-0.3, -0.25) is 0 Å². The highest BCUT2D eigenvalue weighted by Crippen LogP contribution is 2.27. The van der Waals surface area contributed by atoms with Gasteiger partial charge in [-0.15, -0.1) is 0 Å². The number of halogens is 3. The van der Waals surface area contributed by atoms with Gasteiger partial charge in [0.05, 0.1) is 12.5 Å². The molecule has 0 aromatic heterocycles. The van der Waals surface area contributed by atoms with Crippen LogP contribution in [-0.2, 0) is 19.1 Å². The van der Waals surface area contributed by atoms with Crippen LogP contribution in [0.5, 0.6) is 0 Å². The normalized spacial score (nSPS) is 12.7. The first kappa shape index (κ1) is 16.5. The first-order valence-corrected chi connectivity index (χ1v) is 5.19. The molecule has 0 aliphatic rings. The Labute approximate surface area is 103 Å². The fraction of sp³-hybridized carbons (Fsp3) is 0.636. The fourth-order valence-corrected chi connectivity index (χ4v) is 0.803. The molecule has 7 heteroatoms. The first-order chi connectivity index (χ1) is 8.14. The number of carbonyl (C=O) groups excluding carboxylic acids is 2. The SMILES string of the molecule is C=C(C)C(=O)OCC(=O)OCCC(C)C(F)(F)F. The van der Waals surface area contributed by atoms with Gasteiger partial charge in [0.25, 0.3) is 0 Å². The molecule has 0 radical (unpaired) electrons. The highest BCUT2D eigenvalue weighted by Gasteiger charge is 2.35. The minimum absolute atomic E-state index is 0.119. The molecule has 0 aliphatic carbocycles. The Morgan fingerprint density at radius 1 is 1.28 bits per heavy atom. The molecule has 0 heterocycles. The summed E-state index contributed by atoms with van der Waals surface area (Å²) in [6.45, 7) is 4.69. The smallest absolute Gasteiger partial charge is 0.391 e. The molecule has 0 rings (SSSR count). The summed E-state index contributed by atoms with van der Waals surface area (Å²) in [7, 11) is 0. The van der Waals surface area contributed by atoms with Crippen LogP contribution in [0, 0.1) is 5.92 Å². The molecular formula is C11H15F3O4. The lowest BCUT2D eigenvalue weighted by Crippen LogP contribution is -2.23. The zero-order valence-electron chi connectivity index (χ0n) is 10.2. The molecule has 104 valence electrons. The quantitative estimate of drug-likeness (QED) is 0.547. The number of hydrogen-bond donors (Lipinski definition) is 0. The van der Waals surface area contributed by atoms with Crippen molar-refractivity contribution >= 4 is 11.9 Å². The molecule has 18 heavy (non-hydrogen) atoms. The van der Waals surface area contributed by atoms with Crippen molar-refractivity contribution in [2.75, 3.05) is 13.2 Å². The lowest BCUT2D eigenvalue weighted by molar-refractivity contribution is -0.176. The summed E-state index contributed by atoms with van der Waals surface area (Å²) < 4.78 is 45.2. The van der Waals surface area contributed by atoms with E-state index in [-0.39, 0.29) is 18.6 Å². The van der Waals surface area contributed by atoms with Crippen molar-refractivity contribution in [2.24, 2.45) is 5.92 Å². The number of ether oxygens (including phenoxy) is 2. The van der Waals surface area contributed by atoms with Crippen LogP contribution in [0.4, 0.5) is 13.2 Å². The minimum Gasteiger partial charge on any atom is -0.463 e. The largest absolute Gasteiger partial charge is 0.463 e. The van der Waals surface area contributed by atoms with Gasteiger partial charge in [-0.1, -0.05) is 13.5 Å². The van der Waals surface area contributed by atoms with E-state index >= 15 is 0 Å². The maximum Gasteiger partial charge on any atom is 0.391 e. The van der Waals surface area contributed by atoms with Gasteiger partial charge in [0.1, 0.15) is 0 Å². The molecule has 0 amide bonds. The molecule has 0 fully saturated rings. The minimum atomic E-state index is -4.31. The van der Waals surface area contributed by atoms with Gasteiger partial charge in [-0.25, -0.2) is 9.59 Å². The molecular weight excluding hydrogens is 253 g/mol. The van der Waals surface area contributed by atoms with Gasteiger partial charge in [0.15, 0.2) is 6.61 Å². The van der Waals surface area contributed by atoms with E-state index in [0.29, 0.717) is 0 Å². The summed E-state index contributed by atoms with van der Waals surface area (Å²) in [5.41, 5.74) is 0.119.